The Bertz CT molecular complexity index is 560. The van der Waals surface area contributed by atoms with Crippen LogP contribution in [-0.2, 0) is 11.3 Å². The number of aryl methyl sites for hydroxylation is 1. The fraction of sp³-hybridized carbons (Fsp3) is 0.571. The summed E-state index contributed by atoms with van der Waals surface area (Å²) in [5.74, 6) is 0.804. The first-order chi connectivity index (χ1) is 10.1. The number of aromatic nitrogens is 5. The van der Waals surface area contributed by atoms with Crippen molar-refractivity contribution in [3.05, 3.63) is 30.6 Å². The molecule has 1 N–H and O–H groups in total. The van der Waals surface area contributed by atoms with Crippen LogP contribution in [0.1, 0.15) is 51.5 Å². The molecule has 21 heavy (non-hydrogen) atoms. The number of hydrogen-bond acceptors (Lipinski definition) is 4. The molecule has 2 heterocycles. The predicted octanol–water partition coefficient (Wildman–Crippen LogP) is 1.71. The quantitative estimate of drug-likeness (QED) is 0.842. The normalized spacial score (nSPS) is 12.6. The lowest BCUT2D eigenvalue weighted by Crippen LogP contribution is -2.29. The number of nitrogens with one attached hydrogen (secondary N) is 1. The van der Waals surface area contributed by atoms with Crippen molar-refractivity contribution in [1.82, 2.24) is 29.9 Å². The van der Waals surface area contributed by atoms with Crippen LogP contribution >= 0.6 is 0 Å². The van der Waals surface area contributed by atoms with Crippen LogP contribution in [0.25, 0.3) is 0 Å². The molecule has 0 saturated carbocycles. The summed E-state index contributed by atoms with van der Waals surface area (Å²) in [5, 5.41) is 15.1. The molecule has 0 spiro atoms. The van der Waals surface area contributed by atoms with Crippen molar-refractivity contribution in [3.63, 3.8) is 0 Å². The van der Waals surface area contributed by atoms with Crippen LogP contribution in [0, 0.1) is 0 Å². The smallest absolute Gasteiger partial charge is 0.220 e. The second kappa shape index (κ2) is 7.01. The van der Waals surface area contributed by atoms with E-state index in [0.29, 0.717) is 6.42 Å². The van der Waals surface area contributed by atoms with E-state index in [0.717, 1.165) is 18.8 Å². The molecule has 0 aliphatic heterocycles. The van der Waals surface area contributed by atoms with E-state index >= 15 is 0 Å². The molecule has 1 amide bonds. The second-order valence-electron chi connectivity index (χ2n) is 5.35. The molecule has 0 bridgehead atoms. The summed E-state index contributed by atoms with van der Waals surface area (Å²) in [6.45, 7) is 6.79. The minimum atomic E-state index is -0.146. The fourth-order valence-electron chi connectivity index (χ4n) is 2.17. The van der Waals surface area contributed by atoms with Crippen molar-refractivity contribution in [1.29, 1.82) is 0 Å². The molecule has 0 aromatic carbocycles. The van der Waals surface area contributed by atoms with Crippen molar-refractivity contribution >= 4 is 5.91 Å². The molecule has 0 fully saturated rings. The molecule has 114 valence electrons. The monoisotopic (exact) mass is 290 g/mol. The minimum absolute atomic E-state index is 0.0213. The maximum Gasteiger partial charge on any atom is 0.220 e. The Morgan fingerprint density at radius 3 is 2.86 bits per heavy atom. The number of amides is 1. The minimum Gasteiger partial charge on any atom is -0.346 e. The van der Waals surface area contributed by atoms with E-state index in [1.807, 2.05) is 28.4 Å². The number of hydrogen-bond donors (Lipinski definition) is 1. The molecule has 7 nitrogen and oxygen atoms in total. The molecular weight excluding hydrogens is 268 g/mol. The highest BCUT2D eigenvalue weighted by Gasteiger charge is 2.16. The lowest BCUT2D eigenvalue weighted by molar-refractivity contribution is -0.121. The van der Waals surface area contributed by atoms with Gasteiger partial charge in [0.15, 0.2) is 5.82 Å². The average Bonchev–Trinajstić information content (AvgIpc) is 3.09. The molecule has 0 radical (unpaired) electrons. The van der Waals surface area contributed by atoms with E-state index in [2.05, 4.69) is 34.5 Å². The number of carbonyl (C=O) groups excluding carboxylic acids is 1. The Hall–Kier alpha value is -2.18. The summed E-state index contributed by atoms with van der Waals surface area (Å²) in [6.07, 6.45) is 6.56. The van der Waals surface area contributed by atoms with Crippen LogP contribution in [0.15, 0.2) is 24.8 Å². The van der Waals surface area contributed by atoms with Crippen LogP contribution in [0.5, 0.6) is 0 Å². The van der Waals surface area contributed by atoms with Gasteiger partial charge >= 0.3 is 0 Å². The van der Waals surface area contributed by atoms with Crippen LogP contribution in [0.4, 0.5) is 0 Å². The molecule has 2 aromatic heterocycles. The second-order valence-corrected chi connectivity index (χ2v) is 5.35. The zero-order valence-corrected chi connectivity index (χ0v) is 12.7. The maximum absolute atomic E-state index is 12.0. The van der Waals surface area contributed by atoms with Crippen LogP contribution in [0.3, 0.4) is 0 Å². The third-order valence-corrected chi connectivity index (χ3v) is 3.27. The number of nitrogens with zero attached hydrogens (tertiary/aromatic N) is 5. The van der Waals surface area contributed by atoms with E-state index in [-0.39, 0.29) is 18.0 Å². The number of carbonyl (C=O) groups is 1. The van der Waals surface area contributed by atoms with E-state index in [1.165, 1.54) is 0 Å². The standard InChI is InChI=1S/C14H22N6O/c1-11(2)20-10-15-18-14(20)12(3)17-13(21)6-4-8-19-9-5-7-16-19/h5,7,9-12H,4,6,8H2,1-3H3,(H,17,21)/t12-/m1/s1. The summed E-state index contributed by atoms with van der Waals surface area (Å²) < 4.78 is 3.79. The van der Waals surface area contributed by atoms with E-state index in [1.54, 1.807) is 12.5 Å². The SMILES string of the molecule is CC(C)n1cnnc1[C@@H](C)NC(=O)CCCn1cccn1. The summed E-state index contributed by atoms with van der Waals surface area (Å²) in [4.78, 5) is 12.0. The van der Waals surface area contributed by atoms with Gasteiger partial charge in [0, 0.05) is 31.4 Å². The third kappa shape index (κ3) is 4.14. The van der Waals surface area contributed by atoms with E-state index in [4.69, 9.17) is 0 Å². The number of rotatable bonds is 7. The highest BCUT2D eigenvalue weighted by Crippen LogP contribution is 2.14. The summed E-state index contributed by atoms with van der Waals surface area (Å²) in [5.41, 5.74) is 0. The van der Waals surface area contributed by atoms with Crippen molar-refractivity contribution in [2.45, 2.75) is 52.2 Å². The molecule has 2 aromatic rings. The largest absolute Gasteiger partial charge is 0.346 e. The van der Waals surface area contributed by atoms with Crippen LogP contribution in [0.2, 0.25) is 0 Å². The van der Waals surface area contributed by atoms with Crippen molar-refractivity contribution in [2.24, 2.45) is 0 Å². The highest BCUT2D eigenvalue weighted by atomic mass is 16.1. The first kappa shape index (κ1) is 15.2. The summed E-state index contributed by atoms with van der Waals surface area (Å²) in [6, 6.07) is 2.00. The van der Waals surface area contributed by atoms with Crippen molar-refractivity contribution in [3.8, 4) is 0 Å². The van der Waals surface area contributed by atoms with E-state index in [9.17, 15) is 4.79 Å². The Kier molecular flexibility index (Phi) is 5.08. The van der Waals surface area contributed by atoms with Gasteiger partial charge in [-0.15, -0.1) is 10.2 Å². The average molecular weight is 290 g/mol. The van der Waals surface area contributed by atoms with Crippen LogP contribution < -0.4 is 5.32 Å². The van der Waals surface area contributed by atoms with Gasteiger partial charge in [-0.2, -0.15) is 5.10 Å². The molecule has 0 unspecified atom stereocenters. The first-order valence-electron chi connectivity index (χ1n) is 7.24. The van der Waals surface area contributed by atoms with Gasteiger partial charge in [0.25, 0.3) is 0 Å². The fourth-order valence-corrected chi connectivity index (χ4v) is 2.17. The Labute approximate surface area is 124 Å². The predicted molar refractivity (Wildman–Crippen MR) is 78.4 cm³/mol. The third-order valence-electron chi connectivity index (χ3n) is 3.27. The first-order valence-corrected chi connectivity index (χ1v) is 7.24. The van der Waals surface area contributed by atoms with Gasteiger partial charge in [-0.25, -0.2) is 0 Å². The molecule has 7 heteroatoms. The van der Waals surface area contributed by atoms with Gasteiger partial charge in [0.05, 0.1) is 6.04 Å². The lowest BCUT2D eigenvalue weighted by Gasteiger charge is -2.16. The summed E-state index contributed by atoms with van der Waals surface area (Å²) in [7, 11) is 0. The molecule has 0 saturated heterocycles. The van der Waals surface area contributed by atoms with Gasteiger partial charge in [-0.1, -0.05) is 0 Å². The Balaban J connectivity index is 1.80. The molecule has 1 atom stereocenters. The topological polar surface area (TPSA) is 77.6 Å². The molecule has 2 rings (SSSR count). The highest BCUT2D eigenvalue weighted by molar-refractivity contribution is 5.76. The molecular formula is C14H22N6O. The molecule has 0 aliphatic rings. The zero-order valence-electron chi connectivity index (χ0n) is 12.7. The Morgan fingerprint density at radius 1 is 1.38 bits per heavy atom. The van der Waals surface area contributed by atoms with Crippen molar-refractivity contribution < 1.29 is 4.79 Å². The van der Waals surface area contributed by atoms with Crippen molar-refractivity contribution in [2.75, 3.05) is 0 Å². The lowest BCUT2D eigenvalue weighted by atomic mass is 10.2. The maximum atomic E-state index is 12.0. The Morgan fingerprint density at radius 2 is 2.19 bits per heavy atom. The zero-order chi connectivity index (χ0) is 15.2. The van der Waals surface area contributed by atoms with Gasteiger partial charge in [-0.05, 0) is 33.3 Å². The van der Waals surface area contributed by atoms with Crippen LogP contribution in [-0.4, -0.2) is 30.5 Å². The van der Waals surface area contributed by atoms with Gasteiger partial charge < -0.3 is 9.88 Å². The van der Waals surface area contributed by atoms with Gasteiger partial charge in [-0.3, -0.25) is 9.48 Å². The molecule has 0 aliphatic carbocycles. The van der Waals surface area contributed by atoms with Gasteiger partial charge in [0.1, 0.15) is 6.33 Å². The van der Waals surface area contributed by atoms with Gasteiger partial charge in [0.2, 0.25) is 5.91 Å². The van der Waals surface area contributed by atoms with E-state index < -0.39 is 0 Å². The summed E-state index contributed by atoms with van der Waals surface area (Å²) >= 11 is 0.